The van der Waals surface area contributed by atoms with Gasteiger partial charge in [0, 0.05) is 6.04 Å². The Morgan fingerprint density at radius 3 is 2.53 bits per heavy atom. The lowest BCUT2D eigenvalue weighted by atomic mass is 9.94. The monoisotopic (exact) mass is 450 g/mol. The molecule has 1 aliphatic heterocycles. The van der Waals surface area contributed by atoms with Crippen molar-refractivity contribution >= 4 is 29.3 Å². The first-order valence-electron chi connectivity index (χ1n) is 11.4. The molecule has 2 fully saturated rings. The second-order valence-electron chi connectivity index (χ2n) is 8.37. The number of carbonyl (C=O) groups is 1. The Bertz CT molecular complexity index is 1010. The van der Waals surface area contributed by atoms with Gasteiger partial charge in [-0.25, -0.2) is 0 Å². The quantitative estimate of drug-likeness (QED) is 0.454. The van der Waals surface area contributed by atoms with Crippen LogP contribution in [-0.2, 0) is 11.4 Å². The molecule has 2 aliphatic rings. The smallest absolute Gasteiger partial charge is 0.276 e. The number of hydrogen-bond donors (Lipinski definition) is 1. The first kappa shape index (κ1) is 22.3. The highest BCUT2D eigenvalue weighted by Crippen LogP contribution is 2.31. The van der Waals surface area contributed by atoms with Crippen LogP contribution < -0.4 is 14.8 Å². The summed E-state index contributed by atoms with van der Waals surface area (Å²) in [7, 11) is 0. The molecule has 0 bridgehead atoms. The Balaban J connectivity index is 1.50. The molecule has 1 amide bonds. The molecule has 32 heavy (non-hydrogen) atoms. The van der Waals surface area contributed by atoms with Crippen molar-refractivity contribution in [1.82, 2.24) is 10.2 Å². The zero-order chi connectivity index (χ0) is 22.5. The minimum atomic E-state index is -0.0421. The molecule has 1 saturated heterocycles. The molecular formula is C26H30N2O3S. The fourth-order valence-corrected chi connectivity index (χ4v) is 4.58. The summed E-state index contributed by atoms with van der Waals surface area (Å²) < 4.78 is 11.8. The Hall–Kier alpha value is -2.86. The van der Waals surface area contributed by atoms with Crippen molar-refractivity contribution in [2.75, 3.05) is 6.61 Å². The van der Waals surface area contributed by atoms with Crippen LogP contribution in [-0.4, -0.2) is 28.6 Å². The normalized spacial score (nSPS) is 18.2. The molecule has 4 rings (SSSR count). The van der Waals surface area contributed by atoms with E-state index in [0.717, 1.165) is 36.8 Å². The van der Waals surface area contributed by atoms with Crippen molar-refractivity contribution in [3.63, 3.8) is 0 Å². The van der Waals surface area contributed by atoms with Gasteiger partial charge >= 0.3 is 0 Å². The van der Waals surface area contributed by atoms with E-state index >= 15 is 0 Å². The van der Waals surface area contributed by atoms with E-state index in [1.165, 1.54) is 12.0 Å². The number of nitrogens with one attached hydrogen (secondary N) is 1. The number of thiocarbonyl (C=S) groups is 1. The number of carbonyl (C=O) groups excluding carboxylic acids is 1. The van der Waals surface area contributed by atoms with Gasteiger partial charge in [-0.3, -0.25) is 9.69 Å². The first-order chi connectivity index (χ1) is 15.5. The lowest BCUT2D eigenvalue weighted by molar-refractivity contribution is -0.124. The molecule has 6 heteroatoms. The molecule has 5 nitrogen and oxygen atoms in total. The Kier molecular flexibility index (Phi) is 7.10. The van der Waals surface area contributed by atoms with E-state index in [1.807, 2.05) is 31.2 Å². The van der Waals surface area contributed by atoms with Crippen molar-refractivity contribution in [2.45, 2.75) is 58.6 Å². The first-order valence-corrected chi connectivity index (χ1v) is 11.8. The topological polar surface area (TPSA) is 50.8 Å². The summed E-state index contributed by atoms with van der Waals surface area (Å²) in [6.45, 7) is 5.00. The van der Waals surface area contributed by atoms with Crippen molar-refractivity contribution in [3.05, 3.63) is 64.9 Å². The van der Waals surface area contributed by atoms with Gasteiger partial charge in [0.15, 0.2) is 16.6 Å². The molecule has 0 atom stereocenters. The molecule has 1 heterocycles. The highest BCUT2D eigenvalue weighted by molar-refractivity contribution is 7.80. The van der Waals surface area contributed by atoms with Gasteiger partial charge in [-0.2, -0.15) is 0 Å². The van der Waals surface area contributed by atoms with Crippen molar-refractivity contribution in [3.8, 4) is 11.5 Å². The summed E-state index contributed by atoms with van der Waals surface area (Å²) in [6.07, 6.45) is 7.41. The molecule has 1 N–H and O–H groups in total. The fraction of sp³-hybridized carbons (Fsp3) is 0.385. The van der Waals surface area contributed by atoms with Crippen LogP contribution in [0.5, 0.6) is 11.5 Å². The third-order valence-corrected chi connectivity index (χ3v) is 6.24. The van der Waals surface area contributed by atoms with Gasteiger partial charge in [0.1, 0.15) is 12.3 Å². The minimum absolute atomic E-state index is 0.0421. The van der Waals surface area contributed by atoms with E-state index in [2.05, 4.69) is 36.5 Å². The number of nitrogens with zero attached hydrogens (tertiary/aromatic N) is 1. The number of amides is 1. The van der Waals surface area contributed by atoms with Crippen LogP contribution in [0.2, 0.25) is 0 Å². The Morgan fingerprint density at radius 1 is 1.06 bits per heavy atom. The van der Waals surface area contributed by atoms with Gasteiger partial charge < -0.3 is 14.8 Å². The molecule has 2 aromatic carbocycles. The summed E-state index contributed by atoms with van der Waals surface area (Å²) in [5.74, 6) is 1.30. The van der Waals surface area contributed by atoms with Gasteiger partial charge in [0.2, 0.25) is 0 Å². The van der Waals surface area contributed by atoms with E-state index in [9.17, 15) is 4.79 Å². The Morgan fingerprint density at radius 2 is 1.81 bits per heavy atom. The standard InChI is InChI=1S/C26H30N2O3S/c1-3-30-24-16-20(13-14-23(24)31-17-19-11-9-18(2)10-12-19)15-22-25(29)28(26(32)27-22)21-7-5-4-6-8-21/h9-16,21H,3-8,17H2,1-2H3,(H,27,32)/b22-15-. The minimum Gasteiger partial charge on any atom is -0.490 e. The van der Waals surface area contributed by atoms with Crippen LogP contribution in [0.25, 0.3) is 6.08 Å². The summed E-state index contributed by atoms with van der Waals surface area (Å²) in [5.41, 5.74) is 3.69. The second-order valence-corrected chi connectivity index (χ2v) is 8.76. The van der Waals surface area contributed by atoms with Gasteiger partial charge in [0.05, 0.1) is 6.61 Å². The largest absolute Gasteiger partial charge is 0.490 e. The number of aryl methyl sites for hydroxylation is 1. The molecule has 0 spiro atoms. The summed E-state index contributed by atoms with van der Waals surface area (Å²) in [4.78, 5) is 14.8. The highest BCUT2D eigenvalue weighted by atomic mass is 32.1. The SMILES string of the molecule is CCOc1cc(/C=C2\NC(=S)N(C3CCCCC3)C2=O)ccc1OCc1ccc(C)cc1. The van der Waals surface area contributed by atoms with E-state index < -0.39 is 0 Å². The lowest BCUT2D eigenvalue weighted by Gasteiger charge is -2.29. The summed E-state index contributed by atoms with van der Waals surface area (Å²) in [5, 5.41) is 3.62. The molecular weight excluding hydrogens is 420 g/mol. The lowest BCUT2D eigenvalue weighted by Crippen LogP contribution is -2.41. The molecule has 1 saturated carbocycles. The van der Waals surface area contributed by atoms with E-state index in [4.69, 9.17) is 21.7 Å². The number of rotatable bonds is 7. The summed E-state index contributed by atoms with van der Waals surface area (Å²) >= 11 is 5.48. The van der Waals surface area contributed by atoms with Crippen LogP contribution in [0.4, 0.5) is 0 Å². The van der Waals surface area contributed by atoms with Crippen molar-refractivity contribution < 1.29 is 14.3 Å². The van der Waals surface area contributed by atoms with E-state index in [0.29, 0.717) is 35.5 Å². The molecule has 0 unspecified atom stereocenters. The zero-order valence-corrected chi connectivity index (χ0v) is 19.5. The van der Waals surface area contributed by atoms with E-state index in [-0.39, 0.29) is 11.9 Å². The number of hydrogen-bond acceptors (Lipinski definition) is 4. The van der Waals surface area contributed by atoms with Gasteiger partial charge in [0.25, 0.3) is 5.91 Å². The predicted octanol–water partition coefficient (Wildman–Crippen LogP) is 5.36. The second kappa shape index (κ2) is 10.2. The molecule has 0 aromatic heterocycles. The van der Waals surface area contributed by atoms with Gasteiger partial charge in [-0.1, -0.05) is 55.2 Å². The maximum absolute atomic E-state index is 13.0. The number of ether oxygens (including phenoxy) is 2. The van der Waals surface area contributed by atoms with E-state index in [1.54, 1.807) is 4.90 Å². The average molecular weight is 451 g/mol. The van der Waals surface area contributed by atoms with Crippen LogP contribution in [0, 0.1) is 6.92 Å². The van der Waals surface area contributed by atoms with Crippen molar-refractivity contribution in [1.29, 1.82) is 0 Å². The third-order valence-electron chi connectivity index (χ3n) is 5.94. The van der Waals surface area contributed by atoms with Crippen molar-refractivity contribution in [2.24, 2.45) is 0 Å². The molecule has 1 aliphatic carbocycles. The van der Waals surface area contributed by atoms with Crippen LogP contribution in [0.1, 0.15) is 55.7 Å². The van der Waals surface area contributed by atoms with Crippen LogP contribution in [0.15, 0.2) is 48.2 Å². The summed E-state index contributed by atoms with van der Waals surface area (Å²) in [6, 6.07) is 14.2. The van der Waals surface area contributed by atoms with Crippen LogP contribution >= 0.6 is 12.2 Å². The maximum atomic E-state index is 13.0. The fourth-order valence-electron chi connectivity index (χ4n) is 4.23. The van der Waals surface area contributed by atoms with Gasteiger partial charge in [-0.15, -0.1) is 0 Å². The maximum Gasteiger partial charge on any atom is 0.276 e. The van der Waals surface area contributed by atoms with Crippen LogP contribution in [0.3, 0.4) is 0 Å². The zero-order valence-electron chi connectivity index (χ0n) is 18.7. The molecule has 2 aromatic rings. The predicted molar refractivity (Wildman–Crippen MR) is 131 cm³/mol. The third kappa shape index (κ3) is 5.13. The molecule has 168 valence electrons. The average Bonchev–Trinajstić information content (AvgIpc) is 3.08. The number of benzene rings is 2. The van der Waals surface area contributed by atoms with Gasteiger partial charge in [-0.05, 0) is 68.2 Å². The molecule has 0 radical (unpaired) electrons. The Labute approximate surface area is 195 Å². The highest BCUT2D eigenvalue weighted by Gasteiger charge is 2.36.